The Labute approximate surface area is 191 Å². The second-order valence-corrected chi connectivity index (χ2v) is 7.50. The van der Waals surface area contributed by atoms with Crippen molar-refractivity contribution in [1.82, 2.24) is 5.43 Å². The first-order chi connectivity index (χ1) is 16.0. The molecule has 2 amide bonds. The Balaban J connectivity index is 1.41. The quantitative estimate of drug-likeness (QED) is 0.322. The standard InChI is InChI=1S/C27H23N3O3/c1-18-6-5-7-20(16-18)26(31)29-22-13-10-19(11-14-22)27(32)30-28-17-21-12-15-25(33-2)24-9-4-3-8-23(21)24/h3-17H,1-2H3,(H,29,31)(H,30,32)/b28-17+. The summed E-state index contributed by atoms with van der Waals surface area (Å²) in [5.74, 6) is 0.231. The second-order valence-electron chi connectivity index (χ2n) is 7.50. The van der Waals surface area contributed by atoms with Crippen LogP contribution in [0.5, 0.6) is 5.75 Å². The molecule has 4 rings (SSSR count). The van der Waals surface area contributed by atoms with E-state index in [1.807, 2.05) is 61.5 Å². The number of rotatable bonds is 6. The number of hydrogen-bond donors (Lipinski definition) is 2. The number of methoxy groups -OCH3 is 1. The monoisotopic (exact) mass is 437 g/mol. The SMILES string of the molecule is COc1ccc(/C=N/NC(=O)c2ccc(NC(=O)c3cccc(C)c3)cc2)c2ccccc12. The molecule has 0 aliphatic heterocycles. The average Bonchev–Trinajstić information content (AvgIpc) is 2.84. The van der Waals surface area contributed by atoms with Crippen molar-refractivity contribution in [2.45, 2.75) is 6.92 Å². The number of aryl methyl sites for hydroxylation is 1. The molecule has 6 heteroatoms. The Morgan fingerprint density at radius 3 is 2.30 bits per heavy atom. The molecule has 4 aromatic rings. The largest absolute Gasteiger partial charge is 0.496 e. The van der Waals surface area contributed by atoms with Crippen LogP contribution >= 0.6 is 0 Å². The van der Waals surface area contributed by atoms with E-state index in [9.17, 15) is 9.59 Å². The van der Waals surface area contributed by atoms with Gasteiger partial charge in [-0.05, 0) is 60.8 Å². The van der Waals surface area contributed by atoms with Crippen LogP contribution in [0.1, 0.15) is 31.8 Å². The summed E-state index contributed by atoms with van der Waals surface area (Å²) in [4.78, 5) is 24.8. The van der Waals surface area contributed by atoms with E-state index in [1.54, 1.807) is 43.7 Å². The van der Waals surface area contributed by atoms with Crippen LogP contribution in [0.3, 0.4) is 0 Å². The van der Waals surface area contributed by atoms with Crippen LogP contribution in [0, 0.1) is 6.92 Å². The highest BCUT2D eigenvalue weighted by Crippen LogP contribution is 2.27. The number of ether oxygens (including phenoxy) is 1. The molecule has 164 valence electrons. The van der Waals surface area contributed by atoms with Crippen molar-refractivity contribution in [3.8, 4) is 5.75 Å². The molecule has 0 heterocycles. The zero-order valence-electron chi connectivity index (χ0n) is 18.3. The lowest BCUT2D eigenvalue weighted by Crippen LogP contribution is -2.18. The smallest absolute Gasteiger partial charge is 0.271 e. The third-order valence-electron chi connectivity index (χ3n) is 5.19. The topological polar surface area (TPSA) is 79.8 Å². The zero-order chi connectivity index (χ0) is 23.2. The molecular weight excluding hydrogens is 414 g/mol. The van der Waals surface area contributed by atoms with Crippen molar-refractivity contribution >= 4 is 34.5 Å². The lowest BCUT2D eigenvalue weighted by atomic mass is 10.0. The van der Waals surface area contributed by atoms with Crippen LogP contribution in [0.2, 0.25) is 0 Å². The maximum atomic E-state index is 12.5. The van der Waals surface area contributed by atoms with Crippen LogP contribution < -0.4 is 15.5 Å². The molecule has 0 bridgehead atoms. The molecule has 0 fully saturated rings. The van der Waals surface area contributed by atoms with E-state index in [0.717, 1.165) is 27.6 Å². The average molecular weight is 437 g/mol. The van der Waals surface area contributed by atoms with Crippen molar-refractivity contribution in [2.75, 3.05) is 12.4 Å². The molecule has 6 nitrogen and oxygen atoms in total. The fourth-order valence-corrected chi connectivity index (χ4v) is 3.50. The van der Waals surface area contributed by atoms with E-state index in [2.05, 4.69) is 15.8 Å². The third-order valence-corrected chi connectivity index (χ3v) is 5.19. The van der Waals surface area contributed by atoms with Gasteiger partial charge in [0.2, 0.25) is 0 Å². The molecule has 0 unspecified atom stereocenters. The summed E-state index contributed by atoms with van der Waals surface area (Å²) in [6.07, 6.45) is 1.61. The second kappa shape index (κ2) is 9.78. The van der Waals surface area contributed by atoms with E-state index < -0.39 is 0 Å². The number of hydrogen-bond acceptors (Lipinski definition) is 4. The number of anilines is 1. The zero-order valence-corrected chi connectivity index (χ0v) is 18.3. The van der Waals surface area contributed by atoms with Gasteiger partial charge in [0.15, 0.2) is 0 Å². The maximum Gasteiger partial charge on any atom is 0.271 e. The van der Waals surface area contributed by atoms with Crippen LogP contribution in [0.25, 0.3) is 10.8 Å². The Bertz CT molecular complexity index is 1340. The summed E-state index contributed by atoms with van der Waals surface area (Å²) in [6, 6.07) is 25.6. The Hall–Kier alpha value is -4.45. The van der Waals surface area contributed by atoms with Gasteiger partial charge in [-0.1, -0.05) is 42.0 Å². The van der Waals surface area contributed by atoms with Gasteiger partial charge in [-0.2, -0.15) is 5.10 Å². The van der Waals surface area contributed by atoms with Gasteiger partial charge in [0.05, 0.1) is 13.3 Å². The normalized spacial score (nSPS) is 10.8. The summed E-state index contributed by atoms with van der Waals surface area (Å²) in [5.41, 5.74) is 6.03. The molecule has 0 aromatic heterocycles. The lowest BCUT2D eigenvalue weighted by Gasteiger charge is -2.08. The van der Waals surface area contributed by atoms with Crippen LogP contribution in [-0.4, -0.2) is 25.1 Å². The first kappa shape index (κ1) is 21.8. The molecule has 0 saturated carbocycles. The summed E-state index contributed by atoms with van der Waals surface area (Å²) in [5, 5.41) is 8.89. The first-order valence-corrected chi connectivity index (χ1v) is 10.4. The Morgan fingerprint density at radius 2 is 1.58 bits per heavy atom. The number of amides is 2. The molecule has 0 atom stereocenters. The summed E-state index contributed by atoms with van der Waals surface area (Å²) in [7, 11) is 1.63. The van der Waals surface area contributed by atoms with Gasteiger partial charge < -0.3 is 10.1 Å². The maximum absolute atomic E-state index is 12.5. The highest BCUT2D eigenvalue weighted by molar-refractivity contribution is 6.05. The summed E-state index contributed by atoms with van der Waals surface area (Å²) < 4.78 is 5.41. The van der Waals surface area contributed by atoms with Gasteiger partial charge in [-0.3, -0.25) is 9.59 Å². The van der Waals surface area contributed by atoms with Gasteiger partial charge in [0.1, 0.15) is 5.75 Å². The summed E-state index contributed by atoms with van der Waals surface area (Å²) >= 11 is 0. The van der Waals surface area contributed by atoms with Crippen molar-refractivity contribution < 1.29 is 14.3 Å². The minimum absolute atomic E-state index is 0.202. The van der Waals surface area contributed by atoms with E-state index >= 15 is 0 Å². The molecule has 0 radical (unpaired) electrons. The number of benzene rings is 4. The Morgan fingerprint density at radius 1 is 0.818 bits per heavy atom. The van der Waals surface area contributed by atoms with Gasteiger partial charge in [0, 0.05) is 27.8 Å². The van der Waals surface area contributed by atoms with E-state index in [0.29, 0.717) is 16.8 Å². The molecule has 0 aliphatic carbocycles. The van der Waals surface area contributed by atoms with Crippen molar-refractivity contribution in [3.63, 3.8) is 0 Å². The highest BCUT2D eigenvalue weighted by atomic mass is 16.5. The number of nitrogens with zero attached hydrogens (tertiary/aromatic N) is 1. The van der Waals surface area contributed by atoms with Gasteiger partial charge in [-0.25, -0.2) is 5.43 Å². The van der Waals surface area contributed by atoms with Crippen LogP contribution in [-0.2, 0) is 0 Å². The number of nitrogens with one attached hydrogen (secondary N) is 2. The van der Waals surface area contributed by atoms with Crippen LogP contribution in [0.4, 0.5) is 5.69 Å². The number of carbonyl (C=O) groups is 2. The van der Waals surface area contributed by atoms with Crippen molar-refractivity contribution in [3.05, 3.63) is 107 Å². The molecular formula is C27H23N3O3. The van der Waals surface area contributed by atoms with E-state index in [-0.39, 0.29) is 11.8 Å². The molecule has 4 aromatic carbocycles. The molecule has 0 saturated heterocycles. The third kappa shape index (κ3) is 5.07. The van der Waals surface area contributed by atoms with E-state index in [4.69, 9.17) is 4.74 Å². The minimum Gasteiger partial charge on any atom is -0.496 e. The highest BCUT2D eigenvalue weighted by Gasteiger charge is 2.09. The van der Waals surface area contributed by atoms with Crippen molar-refractivity contribution in [2.24, 2.45) is 5.10 Å². The predicted molar refractivity (Wildman–Crippen MR) is 131 cm³/mol. The van der Waals surface area contributed by atoms with Gasteiger partial charge in [-0.15, -0.1) is 0 Å². The number of carbonyl (C=O) groups excluding carboxylic acids is 2. The Kier molecular flexibility index (Phi) is 6.45. The minimum atomic E-state index is -0.347. The van der Waals surface area contributed by atoms with Crippen molar-refractivity contribution in [1.29, 1.82) is 0 Å². The molecule has 0 spiro atoms. The van der Waals surface area contributed by atoms with E-state index in [1.165, 1.54) is 0 Å². The van der Waals surface area contributed by atoms with Gasteiger partial charge >= 0.3 is 0 Å². The number of hydrazone groups is 1. The molecule has 33 heavy (non-hydrogen) atoms. The fourth-order valence-electron chi connectivity index (χ4n) is 3.50. The van der Waals surface area contributed by atoms with Gasteiger partial charge in [0.25, 0.3) is 11.8 Å². The number of fused-ring (bicyclic) bond motifs is 1. The molecule has 2 N–H and O–H groups in total. The molecule has 0 aliphatic rings. The predicted octanol–water partition coefficient (Wildman–Crippen LogP) is 5.17. The summed E-state index contributed by atoms with van der Waals surface area (Å²) in [6.45, 7) is 1.93. The first-order valence-electron chi connectivity index (χ1n) is 10.4. The lowest BCUT2D eigenvalue weighted by molar-refractivity contribution is 0.0954. The van der Waals surface area contributed by atoms with Crippen LogP contribution in [0.15, 0.2) is 90.0 Å². The fraction of sp³-hybridized carbons (Fsp3) is 0.0741.